The first-order valence-electron chi connectivity index (χ1n) is 8.26. The van der Waals surface area contributed by atoms with Crippen molar-refractivity contribution in [1.82, 2.24) is 0 Å². The zero-order valence-corrected chi connectivity index (χ0v) is 13.9. The maximum absolute atomic E-state index is 13.0. The summed E-state index contributed by atoms with van der Waals surface area (Å²) in [5.41, 5.74) is -0.779. The lowest BCUT2D eigenvalue weighted by molar-refractivity contribution is -0.164. The lowest BCUT2D eigenvalue weighted by Crippen LogP contribution is -2.50. The average molecular weight is 298 g/mol. The van der Waals surface area contributed by atoms with Gasteiger partial charge in [0, 0.05) is 6.61 Å². The number of carbonyl (C=O) groups is 2. The highest BCUT2D eigenvalue weighted by Gasteiger charge is 2.47. The van der Waals surface area contributed by atoms with Crippen LogP contribution < -0.4 is 0 Å². The Labute approximate surface area is 128 Å². The molecule has 4 heteroatoms. The van der Waals surface area contributed by atoms with E-state index in [2.05, 4.69) is 13.8 Å². The standard InChI is InChI=1S/C17H30O4/c1-5-7-10-14(16(19)20-4)15(18)17(21-6-2)11-8-9-13(3)12-17/h13-14H,5-12H2,1-4H3. The average Bonchev–Trinajstić information content (AvgIpc) is 2.47. The number of Topliss-reactive ketones (excluding diaryl/α,β-unsaturated/α-hetero) is 1. The normalized spacial score (nSPS) is 27.1. The molecule has 0 aliphatic heterocycles. The Morgan fingerprint density at radius 3 is 2.57 bits per heavy atom. The molecule has 1 rings (SSSR count). The first-order valence-corrected chi connectivity index (χ1v) is 8.26. The Balaban J connectivity index is 2.97. The van der Waals surface area contributed by atoms with Crippen molar-refractivity contribution in [2.45, 2.75) is 71.3 Å². The van der Waals surface area contributed by atoms with Crippen molar-refractivity contribution in [3.8, 4) is 0 Å². The highest BCUT2D eigenvalue weighted by Crippen LogP contribution is 2.38. The number of ether oxygens (including phenoxy) is 2. The summed E-state index contributed by atoms with van der Waals surface area (Å²) in [5, 5.41) is 0. The van der Waals surface area contributed by atoms with Crippen LogP contribution in [0.1, 0.15) is 65.7 Å². The molecule has 0 aromatic heterocycles. The van der Waals surface area contributed by atoms with Crippen LogP contribution in [-0.4, -0.2) is 31.1 Å². The van der Waals surface area contributed by atoms with E-state index < -0.39 is 17.5 Å². The smallest absolute Gasteiger partial charge is 0.316 e. The fourth-order valence-electron chi connectivity index (χ4n) is 3.43. The van der Waals surface area contributed by atoms with Crippen molar-refractivity contribution in [1.29, 1.82) is 0 Å². The van der Waals surface area contributed by atoms with Crippen molar-refractivity contribution < 1.29 is 19.1 Å². The molecule has 122 valence electrons. The second-order valence-corrected chi connectivity index (χ2v) is 6.21. The fraction of sp³-hybridized carbons (Fsp3) is 0.882. The molecule has 1 aliphatic rings. The Bertz CT molecular complexity index is 349. The van der Waals surface area contributed by atoms with Gasteiger partial charge in [0.05, 0.1) is 7.11 Å². The summed E-state index contributed by atoms with van der Waals surface area (Å²) in [6, 6.07) is 0. The third-order valence-electron chi connectivity index (χ3n) is 4.47. The lowest BCUT2D eigenvalue weighted by Gasteiger charge is -2.40. The first-order chi connectivity index (χ1) is 10.0. The van der Waals surface area contributed by atoms with Crippen LogP contribution in [0.2, 0.25) is 0 Å². The molecular formula is C17H30O4. The summed E-state index contributed by atoms with van der Waals surface area (Å²) in [6.45, 7) is 6.62. The lowest BCUT2D eigenvalue weighted by atomic mass is 9.72. The van der Waals surface area contributed by atoms with Gasteiger partial charge in [0.25, 0.3) is 0 Å². The fourth-order valence-corrected chi connectivity index (χ4v) is 3.43. The van der Waals surface area contributed by atoms with Crippen LogP contribution in [0.5, 0.6) is 0 Å². The molecule has 0 bridgehead atoms. The number of carbonyl (C=O) groups excluding carboxylic acids is 2. The van der Waals surface area contributed by atoms with Gasteiger partial charge in [-0.05, 0) is 38.5 Å². The first kappa shape index (κ1) is 18.1. The predicted molar refractivity (Wildman–Crippen MR) is 82.0 cm³/mol. The van der Waals surface area contributed by atoms with Crippen LogP contribution in [0, 0.1) is 11.8 Å². The van der Waals surface area contributed by atoms with Gasteiger partial charge in [-0.3, -0.25) is 9.59 Å². The molecule has 0 amide bonds. The molecule has 3 unspecified atom stereocenters. The second kappa shape index (κ2) is 8.52. The van der Waals surface area contributed by atoms with Crippen LogP contribution in [0.15, 0.2) is 0 Å². The van der Waals surface area contributed by atoms with Crippen LogP contribution >= 0.6 is 0 Å². The van der Waals surface area contributed by atoms with Crippen molar-refractivity contribution in [3.05, 3.63) is 0 Å². The zero-order valence-electron chi connectivity index (χ0n) is 13.9. The molecule has 0 aromatic carbocycles. The Morgan fingerprint density at radius 1 is 1.33 bits per heavy atom. The van der Waals surface area contributed by atoms with E-state index in [4.69, 9.17) is 9.47 Å². The minimum absolute atomic E-state index is 0.0591. The van der Waals surface area contributed by atoms with E-state index in [1.54, 1.807) is 0 Å². The van der Waals surface area contributed by atoms with E-state index in [1.165, 1.54) is 7.11 Å². The van der Waals surface area contributed by atoms with E-state index in [1.807, 2.05) is 6.92 Å². The highest BCUT2D eigenvalue weighted by molar-refractivity contribution is 6.03. The molecule has 0 N–H and O–H groups in total. The molecule has 0 saturated heterocycles. The van der Waals surface area contributed by atoms with E-state index in [9.17, 15) is 9.59 Å². The van der Waals surface area contributed by atoms with E-state index in [-0.39, 0.29) is 5.78 Å². The molecule has 4 nitrogen and oxygen atoms in total. The molecule has 0 heterocycles. The summed E-state index contributed by atoms with van der Waals surface area (Å²) in [7, 11) is 1.35. The van der Waals surface area contributed by atoms with Crippen LogP contribution in [0.4, 0.5) is 0 Å². The van der Waals surface area contributed by atoms with E-state index >= 15 is 0 Å². The predicted octanol–water partition coefficient (Wildman–Crippen LogP) is 3.52. The highest BCUT2D eigenvalue weighted by atomic mass is 16.5. The number of unbranched alkanes of at least 4 members (excludes halogenated alkanes) is 1. The minimum Gasteiger partial charge on any atom is -0.468 e. The van der Waals surface area contributed by atoms with Gasteiger partial charge in [-0.25, -0.2) is 0 Å². The quantitative estimate of drug-likeness (QED) is 0.508. The van der Waals surface area contributed by atoms with Crippen molar-refractivity contribution >= 4 is 11.8 Å². The molecule has 21 heavy (non-hydrogen) atoms. The molecule has 1 aliphatic carbocycles. The summed E-state index contributed by atoms with van der Waals surface area (Å²) < 4.78 is 10.8. The van der Waals surface area contributed by atoms with Crippen molar-refractivity contribution in [2.24, 2.45) is 11.8 Å². The number of hydrogen-bond acceptors (Lipinski definition) is 4. The third-order valence-corrected chi connectivity index (χ3v) is 4.47. The minimum atomic E-state index is -0.779. The number of methoxy groups -OCH3 is 1. The molecule has 1 fully saturated rings. The van der Waals surface area contributed by atoms with E-state index in [0.717, 1.165) is 38.5 Å². The van der Waals surface area contributed by atoms with Gasteiger partial charge in [-0.15, -0.1) is 0 Å². The number of esters is 1. The molecular weight excluding hydrogens is 268 g/mol. The SMILES string of the molecule is CCCCC(C(=O)OC)C(=O)C1(OCC)CCCC(C)C1. The molecule has 0 radical (unpaired) electrons. The Kier molecular flexibility index (Phi) is 7.36. The van der Waals surface area contributed by atoms with Gasteiger partial charge in [0.15, 0.2) is 5.78 Å². The van der Waals surface area contributed by atoms with Crippen molar-refractivity contribution in [3.63, 3.8) is 0 Å². The van der Waals surface area contributed by atoms with Gasteiger partial charge >= 0.3 is 5.97 Å². The summed E-state index contributed by atoms with van der Waals surface area (Å²) in [5.74, 6) is -0.688. The maximum atomic E-state index is 13.0. The summed E-state index contributed by atoms with van der Waals surface area (Å²) in [6.07, 6.45) is 5.92. The zero-order chi connectivity index (χ0) is 15.9. The van der Waals surface area contributed by atoms with Gasteiger partial charge < -0.3 is 9.47 Å². The van der Waals surface area contributed by atoms with Crippen LogP contribution in [0.25, 0.3) is 0 Å². The molecule has 1 saturated carbocycles. The molecule has 3 atom stereocenters. The number of ketones is 1. The summed E-state index contributed by atoms with van der Waals surface area (Å²) in [4.78, 5) is 25.1. The van der Waals surface area contributed by atoms with Crippen LogP contribution in [-0.2, 0) is 19.1 Å². The van der Waals surface area contributed by atoms with Crippen molar-refractivity contribution in [2.75, 3.05) is 13.7 Å². The maximum Gasteiger partial charge on any atom is 0.316 e. The second-order valence-electron chi connectivity index (χ2n) is 6.21. The van der Waals surface area contributed by atoms with Gasteiger partial charge in [0.1, 0.15) is 11.5 Å². The van der Waals surface area contributed by atoms with Gasteiger partial charge in [-0.1, -0.05) is 33.1 Å². The number of rotatable bonds is 8. The molecule has 0 spiro atoms. The van der Waals surface area contributed by atoms with E-state index in [0.29, 0.717) is 18.9 Å². The number of hydrogen-bond donors (Lipinski definition) is 0. The largest absolute Gasteiger partial charge is 0.468 e. The van der Waals surface area contributed by atoms with Crippen LogP contribution in [0.3, 0.4) is 0 Å². The summed E-state index contributed by atoms with van der Waals surface area (Å²) >= 11 is 0. The Morgan fingerprint density at radius 2 is 2.05 bits per heavy atom. The van der Waals surface area contributed by atoms with Gasteiger partial charge in [-0.2, -0.15) is 0 Å². The topological polar surface area (TPSA) is 52.6 Å². The third kappa shape index (κ3) is 4.53. The molecule has 0 aromatic rings. The van der Waals surface area contributed by atoms with Gasteiger partial charge in [0.2, 0.25) is 0 Å². The Hall–Kier alpha value is -0.900. The monoisotopic (exact) mass is 298 g/mol.